The Kier molecular flexibility index (Phi) is 4.99. The van der Waals surface area contributed by atoms with Crippen molar-refractivity contribution in [3.63, 3.8) is 0 Å². The van der Waals surface area contributed by atoms with E-state index in [1.54, 1.807) is 0 Å². The van der Waals surface area contributed by atoms with E-state index in [1.165, 1.54) is 5.56 Å². The van der Waals surface area contributed by atoms with Crippen LogP contribution in [0.15, 0.2) is 30.3 Å². The molecule has 3 unspecified atom stereocenters. The van der Waals surface area contributed by atoms with Gasteiger partial charge in [0.2, 0.25) is 5.91 Å². The molecule has 1 N–H and O–H groups in total. The van der Waals surface area contributed by atoms with Crippen LogP contribution in [0.5, 0.6) is 0 Å². The van der Waals surface area contributed by atoms with E-state index in [2.05, 4.69) is 6.92 Å². The first-order valence-electron chi connectivity index (χ1n) is 7.54. The van der Waals surface area contributed by atoms with Crippen LogP contribution >= 0.6 is 0 Å². The van der Waals surface area contributed by atoms with Gasteiger partial charge in [-0.2, -0.15) is 0 Å². The first-order chi connectivity index (χ1) is 9.99. The summed E-state index contributed by atoms with van der Waals surface area (Å²) in [5.74, 6) is -0.728. The SMILES string of the molecule is CC(CC(=O)N1CCC(C(=O)O)C(C)C1)c1ccccc1. The van der Waals surface area contributed by atoms with Crippen molar-refractivity contribution < 1.29 is 14.7 Å². The fraction of sp³-hybridized carbons (Fsp3) is 0.529. The van der Waals surface area contributed by atoms with Crippen molar-refractivity contribution in [1.29, 1.82) is 0 Å². The van der Waals surface area contributed by atoms with E-state index >= 15 is 0 Å². The van der Waals surface area contributed by atoms with Gasteiger partial charge in [-0.15, -0.1) is 0 Å². The maximum absolute atomic E-state index is 12.4. The standard InChI is InChI=1S/C17H23NO3/c1-12(14-6-4-3-5-7-14)10-16(19)18-9-8-15(17(20)21)13(2)11-18/h3-7,12-13,15H,8-11H2,1-2H3,(H,20,21). The number of hydrogen-bond donors (Lipinski definition) is 1. The summed E-state index contributed by atoms with van der Waals surface area (Å²) in [5, 5.41) is 9.12. The van der Waals surface area contributed by atoms with Crippen molar-refractivity contribution in [2.24, 2.45) is 11.8 Å². The van der Waals surface area contributed by atoms with Gasteiger partial charge in [0.25, 0.3) is 0 Å². The average molecular weight is 289 g/mol. The molecular weight excluding hydrogens is 266 g/mol. The smallest absolute Gasteiger partial charge is 0.306 e. The number of carbonyl (C=O) groups excluding carboxylic acids is 1. The molecule has 1 aromatic rings. The lowest BCUT2D eigenvalue weighted by molar-refractivity contribution is -0.148. The largest absolute Gasteiger partial charge is 0.481 e. The second kappa shape index (κ2) is 6.74. The van der Waals surface area contributed by atoms with E-state index in [0.29, 0.717) is 25.9 Å². The van der Waals surface area contributed by atoms with Crippen molar-refractivity contribution in [3.05, 3.63) is 35.9 Å². The highest BCUT2D eigenvalue weighted by atomic mass is 16.4. The Morgan fingerprint density at radius 1 is 1.33 bits per heavy atom. The zero-order chi connectivity index (χ0) is 15.4. The molecule has 1 amide bonds. The minimum Gasteiger partial charge on any atom is -0.481 e. The predicted molar refractivity (Wildman–Crippen MR) is 81.0 cm³/mol. The van der Waals surface area contributed by atoms with Gasteiger partial charge in [-0.25, -0.2) is 0 Å². The summed E-state index contributed by atoms with van der Waals surface area (Å²) < 4.78 is 0. The summed E-state index contributed by atoms with van der Waals surface area (Å²) in [7, 11) is 0. The molecule has 1 heterocycles. The molecule has 2 rings (SSSR count). The molecule has 1 fully saturated rings. The molecule has 0 radical (unpaired) electrons. The lowest BCUT2D eigenvalue weighted by Gasteiger charge is -2.35. The van der Waals surface area contributed by atoms with Gasteiger partial charge in [-0.05, 0) is 23.8 Å². The summed E-state index contributed by atoms with van der Waals surface area (Å²) >= 11 is 0. The lowest BCUT2D eigenvalue weighted by Crippen LogP contribution is -2.45. The quantitative estimate of drug-likeness (QED) is 0.927. The van der Waals surface area contributed by atoms with Crippen molar-refractivity contribution in [1.82, 2.24) is 4.90 Å². The fourth-order valence-corrected chi connectivity index (χ4v) is 3.03. The molecule has 0 aliphatic carbocycles. The van der Waals surface area contributed by atoms with E-state index in [-0.39, 0.29) is 23.7 Å². The van der Waals surface area contributed by atoms with Gasteiger partial charge in [-0.1, -0.05) is 44.2 Å². The molecule has 21 heavy (non-hydrogen) atoms. The van der Waals surface area contributed by atoms with Gasteiger partial charge in [-0.3, -0.25) is 9.59 Å². The Morgan fingerprint density at radius 2 is 2.00 bits per heavy atom. The summed E-state index contributed by atoms with van der Waals surface area (Å²) in [6.07, 6.45) is 1.04. The Labute approximate surface area is 125 Å². The van der Waals surface area contributed by atoms with Crippen molar-refractivity contribution in [2.75, 3.05) is 13.1 Å². The predicted octanol–water partition coefficient (Wildman–Crippen LogP) is 2.75. The monoisotopic (exact) mass is 289 g/mol. The molecule has 0 spiro atoms. The third-order valence-electron chi connectivity index (χ3n) is 4.42. The van der Waals surface area contributed by atoms with Crippen LogP contribution in [0, 0.1) is 11.8 Å². The fourth-order valence-electron chi connectivity index (χ4n) is 3.03. The molecule has 3 atom stereocenters. The highest BCUT2D eigenvalue weighted by molar-refractivity contribution is 5.78. The molecule has 1 aliphatic heterocycles. The first-order valence-corrected chi connectivity index (χ1v) is 7.54. The van der Waals surface area contributed by atoms with E-state index in [1.807, 2.05) is 42.2 Å². The van der Waals surface area contributed by atoms with Crippen molar-refractivity contribution in [3.8, 4) is 0 Å². The number of nitrogens with zero attached hydrogens (tertiary/aromatic N) is 1. The van der Waals surface area contributed by atoms with Crippen LogP contribution in [-0.2, 0) is 9.59 Å². The third-order valence-corrected chi connectivity index (χ3v) is 4.42. The zero-order valence-corrected chi connectivity index (χ0v) is 12.7. The molecule has 114 valence electrons. The van der Waals surface area contributed by atoms with Crippen molar-refractivity contribution in [2.45, 2.75) is 32.6 Å². The number of hydrogen-bond acceptors (Lipinski definition) is 2. The second-order valence-corrected chi connectivity index (χ2v) is 6.07. The van der Waals surface area contributed by atoms with Crippen LogP contribution < -0.4 is 0 Å². The topological polar surface area (TPSA) is 57.6 Å². The number of amides is 1. The highest BCUT2D eigenvalue weighted by Crippen LogP contribution is 2.26. The van der Waals surface area contributed by atoms with Gasteiger partial charge in [0, 0.05) is 19.5 Å². The third kappa shape index (κ3) is 3.84. The minimum atomic E-state index is -0.743. The van der Waals surface area contributed by atoms with Crippen LogP contribution in [-0.4, -0.2) is 35.0 Å². The Morgan fingerprint density at radius 3 is 2.57 bits per heavy atom. The Balaban J connectivity index is 1.91. The second-order valence-electron chi connectivity index (χ2n) is 6.07. The molecule has 4 heteroatoms. The number of carboxylic acids is 1. The molecule has 4 nitrogen and oxygen atoms in total. The minimum absolute atomic E-state index is 0.0206. The number of rotatable bonds is 4. The number of carbonyl (C=O) groups is 2. The number of carboxylic acid groups (broad SMARTS) is 1. The summed E-state index contributed by atoms with van der Waals surface area (Å²) in [5.41, 5.74) is 1.17. The van der Waals surface area contributed by atoms with Gasteiger partial charge in [0.15, 0.2) is 0 Å². The zero-order valence-electron chi connectivity index (χ0n) is 12.7. The van der Waals surface area contributed by atoms with Gasteiger partial charge in [0.05, 0.1) is 5.92 Å². The van der Waals surface area contributed by atoms with Gasteiger partial charge < -0.3 is 10.0 Å². The lowest BCUT2D eigenvalue weighted by atomic mass is 9.86. The number of aliphatic carboxylic acids is 1. The van der Waals surface area contributed by atoms with Crippen LogP contribution in [0.3, 0.4) is 0 Å². The number of likely N-dealkylation sites (tertiary alicyclic amines) is 1. The molecule has 0 aromatic heterocycles. The molecule has 1 aliphatic rings. The average Bonchev–Trinajstić information content (AvgIpc) is 2.47. The Hall–Kier alpha value is -1.84. The molecule has 0 bridgehead atoms. The molecule has 0 saturated carbocycles. The van der Waals surface area contributed by atoms with Crippen LogP contribution in [0.1, 0.15) is 38.2 Å². The van der Waals surface area contributed by atoms with E-state index in [9.17, 15) is 9.59 Å². The summed E-state index contributed by atoms with van der Waals surface area (Å²) in [4.78, 5) is 25.3. The van der Waals surface area contributed by atoms with E-state index in [0.717, 1.165) is 0 Å². The number of piperidine rings is 1. The van der Waals surface area contributed by atoms with E-state index in [4.69, 9.17) is 5.11 Å². The van der Waals surface area contributed by atoms with Gasteiger partial charge >= 0.3 is 5.97 Å². The van der Waals surface area contributed by atoms with Crippen molar-refractivity contribution >= 4 is 11.9 Å². The molecule has 1 saturated heterocycles. The van der Waals surface area contributed by atoms with Gasteiger partial charge in [0.1, 0.15) is 0 Å². The Bertz CT molecular complexity index is 500. The number of benzene rings is 1. The highest BCUT2D eigenvalue weighted by Gasteiger charge is 2.33. The summed E-state index contributed by atoms with van der Waals surface area (Å²) in [6.45, 7) is 5.08. The van der Waals surface area contributed by atoms with Crippen LogP contribution in [0.25, 0.3) is 0 Å². The summed E-state index contributed by atoms with van der Waals surface area (Å²) in [6, 6.07) is 10.0. The maximum Gasteiger partial charge on any atom is 0.306 e. The first kappa shape index (κ1) is 15.5. The maximum atomic E-state index is 12.4. The van der Waals surface area contributed by atoms with E-state index < -0.39 is 5.97 Å². The molecular formula is C17H23NO3. The van der Waals surface area contributed by atoms with Crippen LogP contribution in [0.4, 0.5) is 0 Å². The molecule has 1 aromatic carbocycles. The normalized spacial score (nSPS) is 23.6. The van der Waals surface area contributed by atoms with Crippen LogP contribution in [0.2, 0.25) is 0 Å².